The molecule has 1 aromatic rings. The van der Waals surface area contributed by atoms with Crippen LogP contribution < -0.4 is 5.32 Å². The molecule has 0 amide bonds. The lowest BCUT2D eigenvalue weighted by Crippen LogP contribution is -2.31. The first kappa shape index (κ1) is 13.4. The highest BCUT2D eigenvalue weighted by atomic mass is 35.5. The topological polar surface area (TPSA) is 12.0 Å². The number of halogens is 1. The predicted octanol–water partition coefficient (Wildman–Crippen LogP) is 5.17. The van der Waals surface area contributed by atoms with Crippen LogP contribution in [0.2, 0.25) is 4.34 Å². The summed E-state index contributed by atoms with van der Waals surface area (Å²) in [5.74, 6) is 0. The van der Waals surface area contributed by atoms with Crippen molar-refractivity contribution in [1.29, 1.82) is 0 Å². The second-order valence-corrected chi connectivity index (χ2v) is 6.66. The number of nitrogens with one attached hydrogen (secondary N) is 1. The summed E-state index contributed by atoms with van der Waals surface area (Å²) < 4.78 is 0.895. The van der Waals surface area contributed by atoms with Gasteiger partial charge in [-0.15, -0.1) is 11.3 Å². The third-order valence-corrected chi connectivity index (χ3v) is 4.79. The average molecular weight is 272 g/mol. The fourth-order valence-corrected chi connectivity index (χ4v) is 3.61. The molecule has 1 N–H and O–H groups in total. The van der Waals surface area contributed by atoms with Crippen molar-refractivity contribution in [3.05, 3.63) is 21.3 Å². The molecule has 3 heteroatoms. The molecule has 1 aliphatic rings. The van der Waals surface area contributed by atoms with Crippen LogP contribution in [0.25, 0.3) is 0 Å². The van der Waals surface area contributed by atoms with E-state index in [9.17, 15) is 0 Å². The Labute approximate surface area is 114 Å². The SMILES string of the molecule is CC(NC1CCCCCCC1)c1csc(Cl)c1. The van der Waals surface area contributed by atoms with Crippen LogP contribution in [0.5, 0.6) is 0 Å². The quantitative estimate of drug-likeness (QED) is 0.800. The first-order valence-electron chi connectivity index (χ1n) is 6.75. The summed E-state index contributed by atoms with van der Waals surface area (Å²) >= 11 is 7.61. The van der Waals surface area contributed by atoms with Crippen molar-refractivity contribution in [3.8, 4) is 0 Å². The van der Waals surface area contributed by atoms with Crippen LogP contribution in [0, 0.1) is 0 Å². The van der Waals surface area contributed by atoms with Crippen LogP contribution in [0.15, 0.2) is 11.4 Å². The standard InChI is InChI=1S/C14H22ClNS/c1-11(12-9-14(15)17-10-12)16-13-7-5-3-2-4-6-8-13/h9-11,13,16H,2-8H2,1H3. The smallest absolute Gasteiger partial charge is 0.0931 e. The third-order valence-electron chi connectivity index (χ3n) is 3.68. The van der Waals surface area contributed by atoms with E-state index in [1.165, 1.54) is 50.5 Å². The molecule has 0 aliphatic heterocycles. The molecule has 0 radical (unpaired) electrons. The zero-order valence-electron chi connectivity index (χ0n) is 10.5. The molecule has 0 aromatic carbocycles. The number of hydrogen-bond donors (Lipinski definition) is 1. The predicted molar refractivity (Wildman–Crippen MR) is 77.0 cm³/mol. The molecule has 1 fully saturated rings. The summed E-state index contributed by atoms with van der Waals surface area (Å²) in [4.78, 5) is 0. The van der Waals surface area contributed by atoms with E-state index in [0.29, 0.717) is 12.1 Å². The first-order chi connectivity index (χ1) is 8.25. The fourth-order valence-electron chi connectivity index (χ4n) is 2.62. The van der Waals surface area contributed by atoms with Gasteiger partial charge in [0.1, 0.15) is 0 Å². The highest BCUT2D eigenvalue weighted by molar-refractivity contribution is 7.14. The van der Waals surface area contributed by atoms with E-state index in [1.54, 1.807) is 11.3 Å². The van der Waals surface area contributed by atoms with E-state index in [-0.39, 0.29) is 0 Å². The van der Waals surface area contributed by atoms with Gasteiger partial charge in [0.2, 0.25) is 0 Å². The number of hydrogen-bond acceptors (Lipinski definition) is 2. The molecule has 1 aromatic heterocycles. The van der Waals surface area contributed by atoms with Crippen molar-refractivity contribution in [2.24, 2.45) is 0 Å². The maximum Gasteiger partial charge on any atom is 0.0931 e. The lowest BCUT2D eigenvalue weighted by atomic mass is 9.96. The van der Waals surface area contributed by atoms with Crippen molar-refractivity contribution in [1.82, 2.24) is 5.32 Å². The molecular weight excluding hydrogens is 250 g/mol. The van der Waals surface area contributed by atoms with E-state index in [2.05, 4.69) is 23.7 Å². The molecule has 17 heavy (non-hydrogen) atoms. The molecular formula is C14H22ClNS. The number of rotatable bonds is 3. The van der Waals surface area contributed by atoms with Gasteiger partial charge in [-0.2, -0.15) is 0 Å². The van der Waals surface area contributed by atoms with E-state index >= 15 is 0 Å². The van der Waals surface area contributed by atoms with Gasteiger partial charge in [0, 0.05) is 12.1 Å². The summed E-state index contributed by atoms with van der Waals surface area (Å²) in [6, 6.07) is 3.22. The zero-order chi connectivity index (χ0) is 12.1. The molecule has 0 spiro atoms. The largest absolute Gasteiger partial charge is 0.307 e. The van der Waals surface area contributed by atoms with Gasteiger partial charge in [-0.1, -0.05) is 43.7 Å². The van der Waals surface area contributed by atoms with E-state index in [1.807, 2.05) is 0 Å². The van der Waals surface area contributed by atoms with Crippen LogP contribution in [0.1, 0.15) is 63.5 Å². The zero-order valence-corrected chi connectivity index (χ0v) is 12.1. The van der Waals surface area contributed by atoms with Crippen LogP contribution in [0.3, 0.4) is 0 Å². The second-order valence-electron chi connectivity index (χ2n) is 5.11. The number of thiophene rings is 1. The molecule has 1 nitrogen and oxygen atoms in total. The Morgan fingerprint density at radius 1 is 1.24 bits per heavy atom. The molecule has 0 saturated heterocycles. The first-order valence-corrected chi connectivity index (χ1v) is 8.01. The highest BCUT2D eigenvalue weighted by Gasteiger charge is 2.15. The normalized spacial score (nSPS) is 20.8. The van der Waals surface area contributed by atoms with E-state index in [0.717, 1.165) is 4.34 Å². The summed E-state index contributed by atoms with van der Waals surface area (Å²) in [5.41, 5.74) is 1.34. The Balaban J connectivity index is 1.85. The monoisotopic (exact) mass is 271 g/mol. The van der Waals surface area contributed by atoms with Crippen molar-refractivity contribution in [2.75, 3.05) is 0 Å². The van der Waals surface area contributed by atoms with Gasteiger partial charge in [-0.25, -0.2) is 0 Å². The van der Waals surface area contributed by atoms with Crippen molar-refractivity contribution in [3.63, 3.8) is 0 Å². The van der Waals surface area contributed by atoms with Crippen molar-refractivity contribution in [2.45, 2.75) is 64.0 Å². The van der Waals surface area contributed by atoms with Gasteiger partial charge < -0.3 is 5.32 Å². The molecule has 2 rings (SSSR count). The molecule has 1 aliphatic carbocycles. The lowest BCUT2D eigenvalue weighted by molar-refractivity contribution is 0.363. The van der Waals surface area contributed by atoms with Crippen LogP contribution in [-0.2, 0) is 0 Å². The Kier molecular flexibility index (Phi) is 5.33. The summed E-state index contributed by atoms with van der Waals surface area (Å²) in [7, 11) is 0. The molecule has 1 heterocycles. The van der Waals surface area contributed by atoms with Crippen LogP contribution in [-0.4, -0.2) is 6.04 Å². The van der Waals surface area contributed by atoms with Gasteiger partial charge >= 0.3 is 0 Å². The lowest BCUT2D eigenvalue weighted by Gasteiger charge is -2.24. The third kappa shape index (κ3) is 4.27. The van der Waals surface area contributed by atoms with E-state index < -0.39 is 0 Å². The van der Waals surface area contributed by atoms with Gasteiger partial charge in [-0.05, 0) is 36.8 Å². The summed E-state index contributed by atoms with van der Waals surface area (Å²) in [6.45, 7) is 2.25. The Morgan fingerprint density at radius 3 is 2.47 bits per heavy atom. The van der Waals surface area contributed by atoms with Gasteiger partial charge in [0.25, 0.3) is 0 Å². The van der Waals surface area contributed by atoms with Crippen molar-refractivity contribution < 1.29 is 0 Å². The minimum absolute atomic E-state index is 0.433. The van der Waals surface area contributed by atoms with Crippen LogP contribution >= 0.6 is 22.9 Å². The Hall–Kier alpha value is -0.0500. The minimum Gasteiger partial charge on any atom is -0.307 e. The van der Waals surface area contributed by atoms with Crippen LogP contribution in [0.4, 0.5) is 0 Å². The summed E-state index contributed by atoms with van der Waals surface area (Å²) in [6.07, 6.45) is 9.70. The second kappa shape index (κ2) is 6.77. The summed E-state index contributed by atoms with van der Waals surface area (Å²) in [5, 5.41) is 5.93. The highest BCUT2D eigenvalue weighted by Crippen LogP contribution is 2.26. The fraction of sp³-hybridized carbons (Fsp3) is 0.714. The van der Waals surface area contributed by atoms with Crippen molar-refractivity contribution >= 4 is 22.9 Å². The van der Waals surface area contributed by atoms with Gasteiger partial charge in [0.05, 0.1) is 4.34 Å². The molecule has 96 valence electrons. The molecule has 1 saturated carbocycles. The molecule has 1 unspecified atom stereocenters. The molecule has 0 bridgehead atoms. The van der Waals surface area contributed by atoms with Gasteiger partial charge in [-0.3, -0.25) is 0 Å². The Morgan fingerprint density at radius 2 is 1.88 bits per heavy atom. The molecule has 1 atom stereocenters. The maximum absolute atomic E-state index is 5.99. The van der Waals surface area contributed by atoms with E-state index in [4.69, 9.17) is 11.6 Å². The Bertz CT molecular complexity index is 329. The van der Waals surface area contributed by atoms with Gasteiger partial charge in [0.15, 0.2) is 0 Å². The minimum atomic E-state index is 0.433. The average Bonchev–Trinajstić information content (AvgIpc) is 2.68. The maximum atomic E-state index is 5.99.